The highest BCUT2D eigenvalue weighted by molar-refractivity contribution is 7.89. The van der Waals surface area contributed by atoms with Gasteiger partial charge in [0.2, 0.25) is 10.0 Å². The van der Waals surface area contributed by atoms with Gasteiger partial charge in [0.1, 0.15) is 11.3 Å². The molecule has 29 heavy (non-hydrogen) atoms. The Bertz CT molecular complexity index is 1150. The first-order valence-corrected chi connectivity index (χ1v) is 10.6. The van der Waals surface area contributed by atoms with Crippen molar-refractivity contribution in [2.75, 3.05) is 13.6 Å². The standard InChI is InChI=1S/C21H23N3O4S/c1-4-19-18(17-7-5-6-8-20(17)28-19)13-22-23-21(25)14-24(3)29(26,27)16-11-9-15(2)10-12-16/h5-13H,4,14H2,1-3H3,(H,23,25)/b22-13-. The van der Waals surface area contributed by atoms with E-state index in [4.69, 9.17) is 4.42 Å². The Morgan fingerprint density at radius 2 is 1.86 bits per heavy atom. The largest absolute Gasteiger partial charge is 0.460 e. The molecule has 0 aliphatic carbocycles. The predicted octanol–water partition coefficient (Wildman–Crippen LogP) is 3.07. The van der Waals surface area contributed by atoms with Gasteiger partial charge in [-0.15, -0.1) is 0 Å². The second kappa shape index (κ2) is 8.59. The normalized spacial score (nSPS) is 12.1. The van der Waals surface area contributed by atoms with Crippen LogP contribution in [0.25, 0.3) is 11.0 Å². The zero-order chi connectivity index (χ0) is 21.0. The van der Waals surface area contributed by atoms with Gasteiger partial charge in [-0.2, -0.15) is 9.41 Å². The molecule has 0 fully saturated rings. The molecule has 7 nitrogen and oxygen atoms in total. The van der Waals surface area contributed by atoms with Gasteiger partial charge < -0.3 is 4.42 Å². The predicted molar refractivity (Wildman–Crippen MR) is 112 cm³/mol. The van der Waals surface area contributed by atoms with Gasteiger partial charge in [-0.3, -0.25) is 4.79 Å². The summed E-state index contributed by atoms with van der Waals surface area (Å²) in [5.41, 5.74) is 4.89. The summed E-state index contributed by atoms with van der Waals surface area (Å²) in [6.07, 6.45) is 2.21. The van der Waals surface area contributed by atoms with Crippen LogP contribution in [0.3, 0.4) is 0 Å². The Labute approximate surface area is 170 Å². The first kappa shape index (κ1) is 20.8. The minimum Gasteiger partial charge on any atom is -0.460 e. The third-order valence-electron chi connectivity index (χ3n) is 4.51. The summed E-state index contributed by atoms with van der Waals surface area (Å²) in [7, 11) is -2.39. The molecule has 2 aromatic carbocycles. The molecule has 3 aromatic rings. The number of nitrogens with zero attached hydrogens (tertiary/aromatic N) is 2. The Balaban J connectivity index is 1.68. The number of rotatable bonds is 7. The van der Waals surface area contributed by atoms with Crippen molar-refractivity contribution in [1.29, 1.82) is 0 Å². The Kier molecular flexibility index (Phi) is 6.14. The monoisotopic (exact) mass is 413 g/mol. The van der Waals surface area contributed by atoms with E-state index in [0.29, 0.717) is 6.42 Å². The van der Waals surface area contributed by atoms with E-state index in [9.17, 15) is 13.2 Å². The van der Waals surface area contributed by atoms with Crippen molar-refractivity contribution in [3.8, 4) is 0 Å². The summed E-state index contributed by atoms with van der Waals surface area (Å²) in [5.74, 6) is 0.230. The van der Waals surface area contributed by atoms with Crippen LogP contribution in [0.1, 0.15) is 23.8 Å². The number of likely N-dealkylation sites (N-methyl/N-ethyl adjacent to an activating group) is 1. The first-order chi connectivity index (χ1) is 13.8. The van der Waals surface area contributed by atoms with Gasteiger partial charge in [-0.25, -0.2) is 13.8 Å². The zero-order valence-corrected chi connectivity index (χ0v) is 17.4. The molecule has 152 valence electrons. The van der Waals surface area contributed by atoms with Gasteiger partial charge >= 0.3 is 0 Å². The van der Waals surface area contributed by atoms with Gasteiger partial charge in [0, 0.05) is 24.4 Å². The van der Waals surface area contributed by atoms with E-state index in [1.807, 2.05) is 38.1 Å². The number of para-hydroxylation sites is 1. The minimum absolute atomic E-state index is 0.138. The summed E-state index contributed by atoms with van der Waals surface area (Å²) < 4.78 is 31.9. The number of hydrogen-bond acceptors (Lipinski definition) is 5. The van der Waals surface area contributed by atoms with Crippen LogP contribution in [0, 0.1) is 6.92 Å². The molecule has 8 heteroatoms. The third kappa shape index (κ3) is 4.55. The molecular formula is C21H23N3O4S. The minimum atomic E-state index is -3.75. The zero-order valence-electron chi connectivity index (χ0n) is 16.5. The third-order valence-corrected chi connectivity index (χ3v) is 6.33. The molecule has 0 aliphatic heterocycles. The Morgan fingerprint density at radius 3 is 2.55 bits per heavy atom. The molecular weight excluding hydrogens is 390 g/mol. The highest BCUT2D eigenvalue weighted by Gasteiger charge is 2.22. The average molecular weight is 413 g/mol. The lowest BCUT2D eigenvalue weighted by atomic mass is 10.1. The Hall–Kier alpha value is -2.97. The number of hydrazone groups is 1. The van der Waals surface area contributed by atoms with Crippen LogP contribution in [0.5, 0.6) is 0 Å². The molecule has 1 heterocycles. The maximum atomic E-state index is 12.6. The number of benzene rings is 2. The van der Waals surface area contributed by atoms with Crippen LogP contribution >= 0.6 is 0 Å². The van der Waals surface area contributed by atoms with E-state index in [1.54, 1.807) is 12.1 Å². The van der Waals surface area contributed by atoms with Crippen molar-refractivity contribution in [3.63, 3.8) is 0 Å². The summed E-state index contributed by atoms with van der Waals surface area (Å²) in [6, 6.07) is 14.0. The lowest BCUT2D eigenvalue weighted by Crippen LogP contribution is -2.36. The van der Waals surface area contributed by atoms with Crippen molar-refractivity contribution in [1.82, 2.24) is 9.73 Å². The molecule has 3 rings (SSSR count). The van der Waals surface area contributed by atoms with Crippen molar-refractivity contribution in [2.45, 2.75) is 25.2 Å². The van der Waals surface area contributed by atoms with E-state index in [0.717, 1.165) is 32.2 Å². The number of amides is 1. The van der Waals surface area contributed by atoms with Crippen molar-refractivity contribution >= 4 is 33.1 Å². The van der Waals surface area contributed by atoms with E-state index in [2.05, 4.69) is 10.5 Å². The van der Waals surface area contributed by atoms with Crippen LogP contribution in [-0.4, -0.2) is 38.4 Å². The van der Waals surface area contributed by atoms with E-state index in [-0.39, 0.29) is 11.4 Å². The van der Waals surface area contributed by atoms with Crippen molar-refractivity contribution in [2.24, 2.45) is 5.10 Å². The number of hydrogen-bond donors (Lipinski definition) is 1. The summed E-state index contributed by atoms with van der Waals surface area (Å²) in [4.78, 5) is 12.3. The molecule has 0 saturated carbocycles. The summed E-state index contributed by atoms with van der Waals surface area (Å²) in [5, 5.41) is 4.89. The maximum absolute atomic E-state index is 12.6. The second-order valence-corrected chi connectivity index (χ2v) is 8.70. The van der Waals surface area contributed by atoms with Crippen LogP contribution in [0.2, 0.25) is 0 Å². The van der Waals surface area contributed by atoms with Gasteiger partial charge in [0.25, 0.3) is 5.91 Å². The van der Waals surface area contributed by atoms with Crippen molar-refractivity contribution < 1.29 is 17.6 Å². The molecule has 0 unspecified atom stereocenters. The number of aryl methyl sites for hydroxylation is 2. The SMILES string of the molecule is CCc1oc2ccccc2c1/C=N\NC(=O)CN(C)S(=O)(=O)c1ccc(C)cc1. The van der Waals surface area contributed by atoms with E-state index >= 15 is 0 Å². The fourth-order valence-corrected chi connectivity index (χ4v) is 4.03. The fraction of sp³-hybridized carbons (Fsp3) is 0.238. The van der Waals surface area contributed by atoms with Crippen molar-refractivity contribution in [3.05, 3.63) is 65.4 Å². The van der Waals surface area contributed by atoms with Gasteiger partial charge in [-0.05, 0) is 25.1 Å². The number of furan rings is 1. The molecule has 1 aromatic heterocycles. The number of carbonyl (C=O) groups is 1. The second-order valence-electron chi connectivity index (χ2n) is 6.66. The molecule has 0 bridgehead atoms. The summed E-state index contributed by atoms with van der Waals surface area (Å²) in [6.45, 7) is 3.50. The highest BCUT2D eigenvalue weighted by Crippen LogP contribution is 2.24. The highest BCUT2D eigenvalue weighted by atomic mass is 32.2. The number of fused-ring (bicyclic) bond motifs is 1. The van der Waals surface area contributed by atoms with Gasteiger partial charge in [0.05, 0.1) is 17.7 Å². The topological polar surface area (TPSA) is 92.0 Å². The number of nitrogens with one attached hydrogen (secondary N) is 1. The summed E-state index contributed by atoms with van der Waals surface area (Å²) >= 11 is 0. The molecule has 0 radical (unpaired) electrons. The smallest absolute Gasteiger partial charge is 0.255 e. The molecule has 0 atom stereocenters. The molecule has 0 aliphatic rings. The molecule has 0 spiro atoms. The lowest BCUT2D eigenvalue weighted by molar-refractivity contribution is -0.121. The van der Waals surface area contributed by atoms with Crippen LogP contribution in [0.4, 0.5) is 0 Å². The molecule has 1 N–H and O–H groups in total. The number of sulfonamides is 1. The quantitative estimate of drug-likeness (QED) is 0.476. The van der Waals surface area contributed by atoms with E-state index in [1.165, 1.54) is 25.4 Å². The van der Waals surface area contributed by atoms with Crippen LogP contribution in [0.15, 0.2) is 62.9 Å². The maximum Gasteiger partial charge on any atom is 0.255 e. The first-order valence-electron chi connectivity index (χ1n) is 9.18. The Morgan fingerprint density at radius 1 is 1.17 bits per heavy atom. The lowest BCUT2D eigenvalue weighted by Gasteiger charge is -2.16. The van der Waals surface area contributed by atoms with Crippen LogP contribution < -0.4 is 5.43 Å². The van der Waals surface area contributed by atoms with Gasteiger partial charge in [-0.1, -0.05) is 42.8 Å². The molecule has 1 amide bonds. The molecule has 0 saturated heterocycles. The van der Waals surface area contributed by atoms with Gasteiger partial charge in [0.15, 0.2) is 0 Å². The van der Waals surface area contributed by atoms with E-state index < -0.39 is 15.9 Å². The number of carbonyl (C=O) groups excluding carboxylic acids is 1. The average Bonchev–Trinajstić information content (AvgIpc) is 3.06. The van der Waals surface area contributed by atoms with Crippen LogP contribution in [-0.2, 0) is 21.2 Å². The fourth-order valence-electron chi connectivity index (χ4n) is 2.90.